The first kappa shape index (κ1) is 15.6. The summed E-state index contributed by atoms with van der Waals surface area (Å²) in [5.41, 5.74) is 5.30. The summed E-state index contributed by atoms with van der Waals surface area (Å²) in [7, 11) is 0. The molecule has 0 aliphatic heterocycles. The molecule has 0 spiro atoms. The van der Waals surface area contributed by atoms with Crippen molar-refractivity contribution < 1.29 is 18.4 Å². The summed E-state index contributed by atoms with van der Waals surface area (Å²) in [5.74, 6) is -1.84. The van der Waals surface area contributed by atoms with Crippen LogP contribution in [0.4, 0.5) is 8.78 Å². The molecule has 2 aromatic carbocycles. The monoisotopic (exact) mass is 304 g/mol. The van der Waals surface area contributed by atoms with Crippen LogP contribution in [0, 0.1) is 11.6 Å². The van der Waals surface area contributed by atoms with Gasteiger partial charge >= 0.3 is 0 Å². The maximum absolute atomic E-state index is 13.4. The van der Waals surface area contributed by atoms with Crippen molar-refractivity contribution in [3.05, 3.63) is 71.3 Å². The van der Waals surface area contributed by atoms with Gasteiger partial charge in [0.2, 0.25) is 11.8 Å². The van der Waals surface area contributed by atoms with Gasteiger partial charge in [-0.2, -0.15) is 0 Å². The largest absolute Gasteiger partial charge is 0.273 e. The summed E-state index contributed by atoms with van der Waals surface area (Å²) < 4.78 is 26.1. The zero-order valence-electron chi connectivity index (χ0n) is 11.6. The van der Waals surface area contributed by atoms with E-state index in [9.17, 15) is 18.4 Å². The molecule has 0 radical (unpaired) electrons. The molecule has 4 nitrogen and oxygen atoms in total. The van der Waals surface area contributed by atoms with Gasteiger partial charge in [-0.1, -0.05) is 30.3 Å². The standard InChI is InChI=1S/C16H14F2N2O2/c17-13-7-5-11(6-8-13)9-15(21)19-20-16(22)10-12-3-1-2-4-14(12)18/h1-8H,9-10H2,(H,19,21)(H,20,22). The number of carbonyl (C=O) groups excluding carboxylic acids is 2. The van der Waals surface area contributed by atoms with E-state index >= 15 is 0 Å². The molecule has 0 aliphatic carbocycles. The van der Waals surface area contributed by atoms with Crippen LogP contribution in [0.3, 0.4) is 0 Å². The van der Waals surface area contributed by atoms with Crippen molar-refractivity contribution >= 4 is 11.8 Å². The van der Waals surface area contributed by atoms with Gasteiger partial charge in [-0.25, -0.2) is 8.78 Å². The number of hydrazine groups is 1. The quantitative estimate of drug-likeness (QED) is 0.848. The van der Waals surface area contributed by atoms with Crippen LogP contribution in [0.25, 0.3) is 0 Å². The normalized spacial score (nSPS) is 10.1. The van der Waals surface area contributed by atoms with E-state index in [-0.39, 0.29) is 24.2 Å². The third kappa shape index (κ3) is 4.66. The number of benzene rings is 2. The highest BCUT2D eigenvalue weighted by atomic mass is 19.1. The molecule has 0 bridgehead atoms. The van der Waals surface area contributed by atoms with Gasteiger partial charge in [0, 0.05) is 0 Å². The first-order valence-corrected chi connectivity index (χ1v) is 6.60. The molecule has 2 rings (SSSR count). The van der Waals surface area contributed by atoms with Crippen LogP contribution in [-0.2, 0) is 22.4 Å². The molecule has 2 aromatic rings. The number of amides is 2. The molecule has 114 valence electrons. The highest BCUT2D eigenvalue weighted by Gasteiger charge is 2.09. The molecule has 0 atom stereocenters. The fraction of sp³-hybridized carbons (Fsp3) is 0.125. The summed E-state index contributed by atoms with van der Waals surface area (Å²) in [6.45, 7) is 0. The fourth-order valence-electron chi connectivity index (χ4n) is 1.83. The minimum Gasteiger partial charge on any atom is -0.273 e. The molecule has 0 saturated heterocycles. The minimum atomic E-state index is -0.530. The Balaban J connectivity index is 1.79. The summed E-state index contributed by atoms with van der Waals surface area (Å²) in [5, 5.41) is 0. The molecule has 0 saturated carbocycles. The predicted molar refractivity (Wildman–Crippen MR) is 76.5 cm³/mol. The van der Waals surface area contributed by atoms with E-state index in [0.29, 0.717) is 5.56 Å². The SMILES string of the molecule is O=C(Cc1ccc(F)cc1)NNC(=O)Cc1ccccc1F. The zero-order chi connectivity index (χ0) is 15.9. The lowest BCUT2D eigenvalue weighted by atomic mass is 10.1. The number of halogens is 2. The molecule has 2 N–H and O–H groups in total. The third-order valence-corrected chi connectivity index (χ3v) is 2.93. The van der Waals surface area contributed by atoms with Gasteiger partial charge in [0.05, 0.1) is 12.8 Å². The van der Waals surface area contributed by atoms with Crippen LogP contribution in [0.5, 0.6) is 0 Å². The summed E-state index contributed by atoms with van der Waals surface area (Å²) in [4.78, 5) is 23.3. The fourth-order valence-corrected chi connectivity index (χ4v) is 1.83. The van der Waals surface area contributed by atoms with Crippen LogP contribution < -0.4 is 10.9 Å². The summed E-state index contributed by atoms with van der Waals surface area (Å²) >= 11 is 0. The van der Waals surface area contributed by atoms with Crippen molar-refractivity contribution in [3.63, 3.8) is 0 Å². The molecular weight excluding hydrogens is 290 g/mol. The topological polar surface area (TPSA) is 58.2 Å². The summed E-state index contributed by atoms with van der Waals surface area (Å²) in [6, 6.07) is 11.4. The van der Waals surface area contributed by atoms with E-state index in [0.717, 1.165) is 0 Å². The van der Waals surface area contributed by atoms with Gasteiger partial charge in [0.25, 0.3) is 0 Å². The average molecular weight is 304 g/mol. The van der Waals surface area contributed by atoms with Crippen LogP contribution in [0.2, 0.25) is 0 Å². The van der Waals surface area contributed by atoms with E-state index < -0.39 is 17.6 Å². The van der Waals surface area contributed by atoms with Crippen LogP contribution in [-0.4, -0.2) is 11.8 Å². The van der Waals surface area contributed by atoms with E-state index in [1.807, 2.05) is 0 Å². The van der Waals surface area contributed by atoms with Crippen molar-refractivity contribution in [3.8, 4) is 0 Å². The van der Waals surface area contributed by atoms with Crippen molar-refractivity contribution in [2.45, 2.75) is 12.8 Å². The van der Waals surface area contributed by atoms with Gasteiger partial charge < -0.3 is 0 Å². The van der Waals surface area contributed by atoms with E-state index in [4.69, 9.17) is 0 Å². The van der Waals surface area contributed by atoms with Crippen LogP contribution >= 0.6 is 0 Å². The molecule has 2 amide bonds. The molecule has 0 aliphatic rings. The van der Waals surface area contributed by atoms with E-state index in [1.165, 1.54) is 42.5 Å². The molecule has 0 heterocycles. The first-order chi connectivity index (χ1) is 10.5. The van der Waals surface area contributed by atoms with Gasteiger partial charge in [-0.3, -0.25) is 20.4 Å². The lowest BCUT2D eigenvalue weighted by Gasteiger charge is -2.08. The Labute approximate surface area is 126 Å². The number of nitrogens with one attached hydrogen (secondary N) is 2. The minimum absolute atomic E-state index is 0.000256. The lowest BCUT2D eigenvalue weighted by molar-refractivity contribution is -0.128. The Morgan fingerprint density at radius 3 is 2.05 bits per heavy atom. The molecule has 0 fully saturated rings. The average Bonchev–Trinajstić information content (AvgIpc) is 2.50. The number of hydrogen-bond donors (Lipinski definition) is 2. The van der Waals surface area contributed by atoms with Crippen molar-refractivity contribution in [1.29, 1.82) is 0 Å². The van der Waals surface area contributed by atoms with Gasteiger partial charge in [0.15, 0.2) is 0 Å². The van der Waals surface area contributed by atoms with Crippen molar-refractivity contribution in [1.82, 2.24) is 10.9 Å². The van der Waals surface area contributed by atoms with E-state index in [2.05, 4.69) is 10.9 Å². The Morgan fingerprint density at radius 1 is 0.818 bits per heavy atom. The highest BCUT2D eigenvalue weighted by Crippen LogP contribution is 2.06. The van der Waals surface area contributed by atoms with Crippen molar-refractivity contribution in [2.24, 2.45) is 0 Å². The van der Waals surface area contributed by atoms with Gasteiger partial charge in [-0.15, -0.1) is 0 Å². The number of hydrogen-bond acceptors (Lipinski definition) is 2. The molecular formula is C16H14F2N2O2. The Hall–Kier alpha value is -2.76. The number of carbonyl (C=O) groups is 2. The molecule has 0 unspecified atom stereocenters. The maximum atomic E-state index is 13.4. The number of rotatable bonds is 4. The molecule has 0 aromatic heterocycles. The Bertz CT molecular complexity index is 672. The van der Waals surface area contributed by atoms with Crippen LogP contribution in [0.15, 0.2) is 48.5 Å². The first-order valence-electron chi connectivity index (χ1n) is 6.60. The summed E-state index contributed by atoms with van der Waals surface area (Å²) in [6.07, 6.45) is -0.177. The smallest absolute Gasteiger partial charge is 0.242 e. The van der Waals surface area contributed by atoms with Gasteiger partial charge in [0.1, 0.15) is 11.6 Å². The second-order valence-electron chi connectivity index (χ2n) is 4.67. The van der Waals surface area contributed by atoms with E-state index in [1.54, 1.807) is 6.07 Å². The zero-order valence-corrected chi connectivity index (χ0v) is 11.6. The van der Waals surface area contributed by atoms with Gasteiger partial charge in [-0.05, 0) is 29.3 Å². The van der Waals surface area contributed by atoms with Crippen LogP contribution in [0.1, 0.15) is 11.1 Å². The second-order valence-corrected chi connectivity index (χ2v) is 4.67. The maximum Gasteiger partial charge on any atom is 0.242 e. The highest BCUT2D eigenvalue weighted by molar-refractivity contribution is 5.84. The third-order valence-electron chi connectivity index (χ3n) is 2.93. The Morgan fingerprint density at radius 2 is 1.41 bits per heavy atom. The van der Waals surface area contributed by atoms with Crippen molar-refractivity contribution in [2.75, 3.05) is 0 Å². The molecule has 6 heteroatoms. The Kier molecular flexibility index (Phi) is 5.19. The second kappa shape index (κ2) is 7.31. The predicted octanol–water partition coefficient (Wildman–Crippen LogP) is 1.90. The molecule has 22 heavy (non-hydrogen) atoms. The lowest BCUT2D eigenvalue weighted by Crippen LogP contribution is -2.43.